The number of carboxylic acids is 2. The molecule has 0 saturated heterocycles. The predicted molar refractivity (Wildman–Crippen MR) is 124 cm³/mol. The molecule has 4 rings (SSSR count). The molecule has 0 bridgehead atoms. The second-order valence-electron chi connectivity index (χ2n) is 7.02. The van der Waals surface area contributed by atoms with Crippen molar-refractivity contribution in [2.24, 2.45) is 0 Å². The molecule has 0 amide bonds. The lowest BCUT2D eigenvalue weighted by atomic mass is 10.1. The third kappa shape index (κ3) is 5.28. The highest BCUT2D eigenvalue weighted by Gasteiger charge is 2.13. The number of phenols is 1. The minimum absolute atomic E-state index is 0.168. The predicted octanol–water partition coefficient (Wildman–Crippen LogP) is 5.23. The SMILES string of the molecule is O=C(O)c1cccc(OCc2ccc(Nc3nc(-c4ccc(O)c(C(=O)O)c4)cs3)cc2)c1. The number of aromatic carboxylic acids is 2. The van der Waals surface area contributed by atoms with Crippen LogP contribution < -0.4 is 10.1 Å². The quantitative estimate of drug-likeness (QED) is 0.280. The molecule has 3 aromatic carbocycles. The molecule has 4 aromatic rings. The van der Waals surface area contributed by atoms with Gasteiger partial charge in [0.25, 0.3) is 0 Å². The molecular weight excluding hydrogens is 444 g/mol. The van der Waals surface area contributed by atoms with Crippen LogP contribution in [-0.4, -0.2) is 32.2 Å². The van der Waals surface area contributed by atoms with Crippen molar-refractivity contribution in [3.63, 3.8) is 0 Å². The molecule has 0 aliphatic heterocycles. The van der Waals surface area contributed by atoms with Gasteiger partial charge in [-0.2, -0.15) is 0 Å². The summed E-state index contributed by atoms with van der Waals surface area (Å²) in [5, 5.41) is 33.5. The highest BCUT2D eigenvalue weighted by atomic mass is 32.1. The third-order valence-corrected chi connectivity index (χ3v) is 5.48. The van der Waals surface area contributed by atoms with Crippen LogP contribution in [0.2, 0.25) is 0 Å². The first-order chi connectivity index (χ1) is 15.9. The lowest BCUT2D eigenvalue weighted by molar-refractivity contribution is 0.0684. The molecule has 0 unspecified atom stereocenters. The number of thiazole rings is 1. The van der Waals surface area contributed by atoms with Gasteiger partial charge in [0.15, 0.2) is 5.13 Å². The number of ether oxygens (including phenoxy) is 1. The Hall–Kier alpha value is -4.37. The maximum atomic E-state index is 11.2. The van der Waals surface area contributed by atoms with Crippen molar-refractivity contribution in [2.75, 3.05) is 5.32 Å². The zero-order chi connectivity index (χ0) is 23.4. The standard InChI is InChI=1S/C24H18N2O6S/c27-21-9-6-15(11-19(21)23(30)31)20-13-33-24(26-20)25-17-7-4-14(5-8-17)12-32-18-3-1-2-16(10-18)22(28)29/h1-11,13,27H,12H2,(H,25,26)(H,28,29)(H,30,31). The Morgan fingerprint density at radius 2 is 1.76 bits per heavy atom. The molecule has 166 valence electrons. The molecule has 0 radical (unpaired) electrons. The Kier molecular flexibility index (Phi) is 6.23. The monoisotopic (exact) mass is 462 g/mol. The fraction of sp³-hybridized carbons (Fsp3) is 0.0417. The summed E-state index contributed by atoms with van der Waals surface area (Å²) in [6.07, 6.45) is 0. The average Bonchev–Trinajstić information content (AvgIpc) is 3.27. The minimum Gasteiger partial charge on any atom is -0.507 e. The van der Waals surface area contributed by atoms with E-state index in [0.717, 1.165) is 11.3 Å². The molecule has 8 nitrogen and oxygen atoms in total. The first-order valence-corrected chi connectivity index (χ1v) is 10.6. The number of hydrogen-bond acceptors (Lipinski definition) is 7. The summed E-state index contributed by atoms with van der Waals surface area (Å²) in [7, 11) is 0. The number of nitrogens with one attached hydrogen (secondary N) is 1. The first-order valence-electron chi connectivity index (χ1n) is 9.73. The van der Waals surface area contributed by atoms with Gasteiger partial charge in [-0.25, -0.2) is 14.6 Å². The van der Waals surface area contributed by atoms with Crippen LogP contribution in [0.1, 0.15) is 26.3 Å². The highest BCUT2D eigenvalue weighted by Crippen LogP contribution is 2.30. The number of carbonyl (C=O) groups is 2. The maximum Gasteiger partial charge on any atom is 0.339 e. The molecular formula is C24H18N2O6S. The normalized spacial score (nSPS) is 10.5. The van der Waals surface area contributed by atoms with Crippen LogP contribution in [0, 0.1) is 0 Å². The Morgan fingerprint density at radius 1 is 0.970 bits per heavy atom. The summed E-state index contributed by atoms with van der Waals surface area (Å²) in [6.45, 7) is 0.289. The fourth-order valence-electron chi connectivity index (χ4n) is 3.02. The number of anilines is 2. The molecule has 0 fully saturated rings. The third-order valence-electron chi connectivity index (χ3n) is 4.72. The van der Waals surface area contributed by atoms with Crippen LogP contribution in [0.15, 0.2) is 72.1 Å². The van der Waals surface area contributed by atoms with Gasteiger partial charge in [-0.05, 0) is 54.1 Å². The molecule has 0 aliphatic carbocycles. The van der Waals surface area contributed by atoms with Gasteiger partial charge >= 0.3 is 11.9 Å². The van der Waals surface area contributed by atoms with Gasteiger partial charge < -0.3 is 25.4 Å². The van der Waals surface area contributed by atoms with Crippen molar-refractivity contribution in [1.82, 2.24) is 4.98 Å². The van der Waals surface area contributed by atoms with Crippen LogP contribution in [0.4, 0.5) is 10.8 Å². The Morgan fingerprint density at radius 3 is 2.48 bits per heavy atom. The topological polar surface area (TPSA) is 129 Å². The van der Waals surface area contributed by atoms with E-state index in [9.17, 15) is 19.8 Å². The maximum absolute atomic E-state index is 11.2. The second-order valence-corrected chi connectivity index (χ2v) is 7.88. The Labute approximate surface area is 192 Å². The van der Waals surface area contributed by atoms with Gasteiger partial charge in [0.05, 0.1) is 11.3 Å². The second kappa shape index (κ2) is 9.41. The number of aromatic nitrogens is 1. The summed E-state index contributed by atoms with van der Waals surface area (Å²) < 4.78 is 5.67. The molecule has 0 saturated carbocycles. The summed E-state index contributed by atoms with van der Waals surface area (Å²) in [4.78, 5) is 26.8. The largest absolute Gasteiger partial charge is 0.507 e. The van der Waals surface area contributed by atoms with Crippen LogP contribution in [0.3, 0.4) is 0 Å². The van der Waals surface area contributed by atoms with Crippen LogP contribution in [0.5, 0.6) is 11.5 Å². The lowest BCUT2D eigenvalue weighted by Crippen LogP contribution is -1.99. The first kappa shape index (κ1) is 21.8. The summed E-state index contributed by atoms with van der Waals surface area (Å²) in [5.74, 6) is -2.03. The van der Waals surface area contributed by atoms with E-state index in [0.29, 0.717) is 22.1 Å². The van der Waals surface area contributed by atoms with Crippen LogP contribution in [-0.2, 0) is 6.61 Å². The Bertz CT molecular complexity index is 1320. The molecule has 4 N–H and O–H groups in total. The van der Waals surface area contributed by atoms with Crippen molar-refractivity contribution in [1.29, 1.82) is 0 Å². The molecule has 9 heteroatoms. The highest BCUT2D eigenvalue weighted by molar-refractivity contribution is 7.14. The molecule has 0 spiro atoms. The zero-order valence-corrected chi connectivity index (χ0v) is 17.9. The Balaban J connectivity index is 1.39. The van der Waals surface area contributed by atoms with Crippen molar-refractivity contribution >= 4 is 34.1 Å². The smallest absolute Gasteiger partial charge is 0.339 e. The van der Waals surface area contributed by atoms with E-state index >= 15 is 0 Å². The molecule has 1 heterocycles. The van der Waals surface area contributed by atoms with E-state index in [-0.39, 0.29) is 23.5 Å². The molecule has 0 atom stereocenters. The number of rotatable bonds is 8. The molecule has 1 aromatic heterocycles. The van der Waals surface area contributed by atoms with E-state index < -0.39 is 11.9 Å². The molecule has 0 aliphatic rings. The lowest BCUT2D eigenvalue weighted by Gasteiger charge is -2.08. The number of nitrogens with zero attached hydrogens (tertiary/aromatic N) is 1. The minimum atomic E-state index is -1.21. The summed E-state index contributed by atoms with van der Waals surface area (Å²) in [5.41, 5.74) is 2.90. The van der Waals surface area contributed by atoms with Crippen molar-refractivity contribution in [2.45, 2.75) is 6.61 Å². The number of benzene rings is 3. The van der Waals surface area contributed by atoms with Crippen molar-refractivity contribution in [3.05, 3.63) is 88.8 Å². The van der Waals surface area contributed by atoms with E-state index in [1.54, 1.807) is 23.6 Å². The van der Waals surface area contributed by atoms with Gasteiger partial charge in [0.2, 0.25) is 0 Å². The van der Waals surface area contributed by atoms with E-state index in [1.165, 1.54) is 35.6 Å². The van der Waals surface area contributed by atoms with Crippen LogP contribution >= 0.6 is 11.3 Å². The van der Waals surface area contributed by atoms with E-state index in [1.807, 2.05) is 24.3 Å². The number of carboxylic acid groups (broad SMARTS) is 2. The molecule has 33 heavy (non-hydrogen) atoms. The number of hydrogen-bond donors (Lipinski definition) is 4. The van der Waals surface area contributed by atoms with E-state index in [4.69, 9.17) is 9.84 Å². The summed E-state index contributed by atoms with van der Waals surface area (Å²) >= 11 is 1.37. The van der Waals surface area contributed by atoms with Crippen LogP contribution in [0.25, 0.3) is 11.3 Å². The van der Waals surface area contributed by atoms with Gasteiger partial charge in [0.1, 0.15) is 23.7 Å². The van der Waals surface area contributed by atoms with Crippen molar-refractivity contribution in [3.8, 4) is 22.8 Å². The average molecular weight is 462 g/mol. The zero-order valence-electron chi connectivity index (χ0n) is 17.1. The summed E-state index contributed by atoms with van der Waals surface area (Å²) in [6, 6.07) is 18.2. The van der Waals surface area contributed by atoms with Gasteiger partial charge in [-0.3, -0.25) is 0 Å². The van der Waals surface area contributed by atoms with E-state index in [2.05, 4.69) is 10.3 Å². The fourth-order valence-corrected chi connectivity index (χ4v) is 3.76. The van der Waals surface area contributed by atoms with Gasteiger partial charge in [0, 0.05) is 16.6 Å². The number of aromatic hydroxyl groups is 1. The van der Waals surface area contributed by atoms with Gasteiger partial charge in [-0.1, -0.05) is 18.2 Å². The van der Waals surface area contributed by atoms with Gasteiger partial charge in [-0.15, -0.1) is 11.3 Å². The van der Waals surface area contributed by atoms with Crippen molar-refractivity contribution < 1.29 is 29.6 Å².